The summed E-state index contributed by atoms with van der Waals surface area (Å²) < 4.78 is 23.3. The van der Waals surface area contributed by atoms with Crippen LogP contribution < -0.4 is 5.32 Å². The SMILES string of the molecule is O=S1(=O)CCCC(N2C[C@H]3CNC[C@H]3C2)C1. The first-order valence-electron chi connectivity index (χ1n) is 6.29. The minimum absolute atomic E-state index is 0.310. The van der Waals surface area contributed by atoms with Crippen molar-refractivity contribution in [1.29, 1.82) is 0 Å². The molecule has 0 aliphatic carbocycles. The van der Waals surface area contributed by atoms with E-state index >= 15 is 0 Å². The molecule has 3 saturated heterocycles. The zero-order chi connectivity index (χ0) is 11.2. The molecule has 0 aromatic carbocycles. The van der Waals surface area contributed by atoms with E-state index in [-0.39, 0.29) is 0 Å². The van der Waals surface area contributed by atoms with Crippen LogP contribution in [-0.2, 0) is 9.84 Å². The van der Waals surface area contributed by atoms with Gasteiger partial charge in [-0.25, -0.2) is 8.42 Å². The molecule has 1 N–H and O–H groups in total. The normalized spacial score (nSPS) is 43.4. The molecule has 0 radical (unpaired) electrons. The van der Waals surface area contributed by atoms with Crippen LogP contribution in [0.15, 0.2) is 0 Å². The van der Waals surface area contributed by atoms with E-state index in [0.29, 0.717) is 17.5 Å². The molecule has 4 nitrogen and oxygen atoms in total. The lowest BCUT2D eigenvalue weighted by atomic mass is 10.0. The highest BCUT2D eigenvalue weighted by molar-refractivity contribution is 7.91. The van der Waals surface area contributed by atoms with Crippen LogP contribution >= 0.6 is 0 Å². The van der Waals surface area contributed by atoms with Gasteiger partial charge in [0.05, 0.1) is 11.5 Å². The Labute approximate surface area is 97.3 Å². The van der Waals surface area contributed by atoms with Crippen LogP contribution in [0, 0.1) is 11.8 Å². The molecule has 1 unspecified atom stereocenters. The van der Waals surface area contributed by atoms with Crippen LogP contribution in [0.4, 0.5) is 0 Å². The molecule has 0 aromatic heterocycles. The van der Waals surface area contributed by atoms with Crippen molar-refractivity contribution in [1.82, 2.24) is 10.2 Å². The summed E-state index contributed by atoms with van der Waals surface area (Å²) in [5, 5.41) is 3.42. The van der Waals surface area contributed by atoms with Gasteiger partial charge in [0.1, 0.15) is 0 Å². The van der Waals surface area contributed by atoms with Crippen molar-refractivity contribution in [2.24, 2.45) is 11.8 Å². The van der Waals surface area contributed by atoms with Gasteiger partial charge in [-0.2, -0.15) is 0 Å². The summed E-state index contributed by atoms with van der Waals surface area (Å²) in [6.07, 6.45) is 1.93. The van der Waals surface area contributed by atoms with Crippen LogP contribution in [0.2, 0.25) is 0 Å². The number of nitrogens with one attached hydrogen (secondary N) is 1. The second-order valence-corrected chi connectivity index (χ2v) is 7.77. The van der Waals surface area contributed by atoms with Crippen molar-refractivity contribution >= 4 is 9.84 Å². The minimum atomic E-state index is -2.75. The van der Waals surface area contributed by atoms with Crippen molar-refractivity contribution in [2.45, 2.75) is 18.9 Å². The lowest BCUT2D eigenvalue weighted by molar-refractivity contribution is 0.226. The fourth-order valence-electron chi connectivity index (χ4n) is 3.48. The Kier molecular flexibility index (Phi) is 2.72. The molecule has 3 fully saturated rings. The van der Waals surface area contributed by atoms with Gasteiger partial charge in [-0.05, 0) is 37.8 Å². The Balaban J connectivity index is 1.66. The molecule has 0 aromatic rings. The summed E-state index contributed by atoms with van der Waals surface area (Å²) in [4.78, 5) is 2.44. The predicted octanol–water partition coefficient (Wildman–Crippen LogP) is -0.285. The molecule has 3 rings (SSSR count). The Morgan fingerprint density at radius 2 is 1.81 bits per heavy atom. The van der Waals surface area contributed by atoms with Crippen molar-refractivity contribution in [3.05, 3.63) is 0 Å². The zero-order valence-corrected chi connectivity index (χ0v) is 10.4. The van der Waals surface area contributed by atoms with Crippen molar-refractivity contribution in [2.75, 3.05) is 37.7 Å². The number of nitrogens with zero attached hydrogens (tertiary/aromatic N) is 1. The number of likely N-dealkylation sites (tertiary alicyclic amines) is 1. The van der Waals surface area contributed by atoms with Gasteiger partial charge in [-0.15, -0.1) is 0 Å². The predicted molar refractivity (Wildman–Crippen MR) is 63.1 cm³/mol. The summed E-state index contributed by atoms with van der Waals surface area (Å²) in [7, 11) is -2.75. The molecule has 92 valence electrons. The first-order valence-corrected chi connectivity index (χ1v) is 8.11. The molecule has 3 heterocycles. The molecule has 0 bridgehead atoms. The van der Waals surface area contributed by atoms with E-state index in [1.807, 2.05) is 0 Å². The lowest BCUT2D eigenvalue weighted by Crippen LogP contribution is -2.43. The Hall–Kier alpha value is -0.130. The highest BCUT2D eigenvalue weighted by Crippen LogP contribution is 2.30. The fourth-order valence-corrected chi connectivity index (χ4v) is 5.21. The van der Waals surface area contributed by atoms with Crippen LogP contribution in [0.5, 0.6) is 0 Å². The molecule has 3 aliphatic heterocycles. The molecule has 0 spiro atoms. The summed E-state index contributed by atoms with van der Waals surface area (Å²) in [6, 6.07) is 0.310. The number of hydrogen-bond donors (Lipinski definition) is 1. The summed E-state index contributed by atoms with van der Waals surface area (Å²) in [6.45, 7) is 4.47. The molecule has 5 heteroatoms. The van der Waals surface area contributed by atoms with Crippen molar-refractivity contribution in [3.63, 3.8) is 0 Å². The van der Waals surface area contributed by atoms with E-state index in [2.05, 4.69) is 10.2 Å². The van der Waals surface area contributed by atoms with Crippen LogP contribution in [0.3, 0.4) is 0 Å². The van der Waals surface area contributed by atoms with Gasteiger partial charge < -0.3 is 5.32 Å². The lowest BCUT2D eigenvalue weighted by Gasteiger charge is -2.31. The van der Waals surface area contributed by atoms with Gasteiger partial charge in [0.25, 0.3) is 0 Å². The smallest absolute Gasteiger partial charge is 0.151 e. The fraction of sp³-hybridized carbons (Fsp3) is 1.00. The first kappa shape index (κ1) is 11.0. The second-order valence-electron chi connectivity index (χ2n) is 5.54. The molecule has 0 saturated carbocycles. The zero-order valence-electron chi connectivity index (χ0n) is 9.56. The monoisotopic (exact) mass is 244 g/mol. The number of rotatable bonds is 1. The van der Waals surface area contributed by atoms with Crippen LogP contribution in [-0.4, -0.2) is 57.0 Å². The van der Waals surface area contributed by atoms with Gasteiger partial charge in [0, 0.05) is 19.1 Å². The molecular weight excluding hydrogens is 224 g/mol. The molecule has 0 amide bonds. The van der Waals surface area contributed by atoms with Crippen LogP contribution in [0.25, 0.3) is 0 Å². The largest absolute Gasteiger partial charge is 0.316 e. The van der Waals surface area contributed by atoms with E-state index in [1.54, 1.807) is 0 Å². The highest BCUT2D eigenvalue weighted by atomic mass is 32.2. The highest BCUT2D eigenvalue weighted by Gasteiger charge is 2.40. The maximum atomic E-state index is 11.6. The van der Waals surface area contributed by atoms with E-state index in [1.165, 1.54) is 0 Å². The summed E-state index contributed by atoms with van der Waals surface area (Å²) >= 11 is 0. The number of hydrogen-bond acceptors (Lipinski definition) is 4. The Morgan fingerprint density at radius 3 is 2.44 bits per heavy atom. The molecule has 3 aliphatic rings. The third kappa shape index (κ3) is 2.00. The van der Waals surface area contributed by atoms with Crippen molar-refractivity contribution in [3.8, 4) is 0 Å². The Bertz CT molecular complexity index is 356. The Morgan fingerprint density at radius 1 is 1.12 bits per heavy atom. The summed E-state index contributed by atoms with van der Waals surface area (Å²) in [5.41, 5.74) is 0. The van der Waals surface area contributed by atoms with E-state index < -0.39 is 9.84 Å². The average Bonchev–Trinajstić information content (AvgIpc) is 2.74. The maximum absolute atomic E-state index is 11.6. The third-order valence-corrected chi connectivity index (χ3v) is 6.18. The second kappa shape index (κ2) is 3.96. The van der Waals surface area contributed by atoms with Crippen LogP contribution in [0.1, 0.15) is 12.8 Å². The van der Waals surface area contributed by atoms with E-state index in [0.717, 1.165) is 50.9 Å². The molecular formula is C11H20N2O2S. The summed E-state index contributed by atoms with van der Waals surface area (Å²) in [5.74, 6) is 2.35. The third-order valence-electron chi connectivity index (χ3n) is 4.37. The minimum Gasteiger partial charge on any atom is -0.316 e. The topological polar surface area (TPSA) is 49.4 Å². The van der Waals surface area contributed by atoms with Gasteiger partial charge in [-0.1, -0.05) is 0 Å². The van der Waals surface area contributed by atoms with Gasteiger partial charge in [-0.3, -0.25) is 4.90 Å². The molecule has 16 heavy (non-hydrogen) atoms. The van der Waals surface area contributed by atoms with Gasteiger partial charge >= 0.3 is 0 Å². The van der Waals surface area contributed by atoms with Gasteiger partial charge in [0.2, 0.25) is 0 Å². The first-order chi connectivity index (χ1) is 7.64. The number of sulfone groups is 1. The standard InChI is InChI=1S/C11H20N2O2S/c14-16(15)3-1-2-11(8-16)13-6-9-4-12-5-10(9)7-13/h9-12H,1-8H2/t9-,10+,11?. The quantitative estimate of drug-likeness (QED) is 0.689. The van der Waals surface area contributed by atoms with Gasteiger partial charge in [0.15, 0.2) is 9.84 Å². The number of fused-ring (bicyclic) bond motifs is 1. The maximum Gasteiger partial charge on any atom is 0.151 e. The van der Waals surface area contributed by atoms with E-state index in [4.69, 9.17) is 0 Å². The van der Waals surface area contributed by atoms with E-state index in [9.17, 15) is 8.42 Å². The molecule has 3 atom stereocenters. The average molecular weight is 244 g/mol. The van der Waals surface area contributed by atoms with Crippen molar-refractivity contribution < 1.29 is 8.42 Å².